The largest absolute Gasteiger partial charge is 0.376 e. The van der Waals surface area contributed by atoms with Crippen LogP contribution in [0.5, 0.6) is 0 Å². The number of rotatable bonds is 6. The maximum atomic E-state index is 5.81. The predicted octanol–water partition coefficient (Wildman–Crippen LogP) is 3.26. The summed E-state index contributed by atoms with van der Waals surface area (Å²) in [4.78, 5) is 7.30. The van der Waals surface area contributed by atoms with Crippen LogP contribution in [0.3, 0.4) is 0 Å². The Bertz CT molecular complexity index is 496. The molecule has 2 fully saturated rings. The van der Waals surface area contributed by atoms with Crippen molar-refractivity contribution in [3.8, 4) is 0 Å². The van der Waals surface area contributed by atoms with E-state index in [1.54, 1.807) is 0 Å². The Morgan fingerprint density at radius 2 is 2.14 bits per heavy atom. The molecule has 2 saturated heterocycles. The van der Waals surface area contributed by atoms with Crippen LogP contribution in [0.25, 0.3) is 0 Å². The van der Waals surface area contributed by atoms with Crippen LogP contribution in [0.1, 0.15) is 43.5 Å². The van der Waals surface area contributed by atoms with Crippen molar-refractivity contribution in [2.24, 2.45) is 0 Å². The molecule has 4 nitrogen and oxygen atoms in total. The fourth-order valence-electron chi connectivity index (χ4n) is 3.57. The Balaban J connectivity index is 1.58. The molecule has 2 aliphatic rings. The van der Waals surface area contributed by atoms with E-state index in [-0.39, 0.29) is 0 Å². The van der Waals surface area contributed by atoms with Crippen molar-refractivity contribution in [2.45, 2.75) is 69.8 Å². The third kappa shape index (κ3) is 3.69. The molecule has 2 aliphatic heterocycles. The second-order valence-corrected chi connectivity index (χ2v) is 7.79. The maximum absolute atomic E-state index is 5.81. The first-order valence-corrected chi connectivity index (χ1v) is 9.62. The van der Waals surface area contributed by atoms with Crippen LogP contribution >= 0.6 is 11.8 Å². The van der Waals surface area contributed by atoms with E-state index < -0.39 is 0 Å². The van der Waals surface area contributed by atoms with Gasteiger partial charge >= 0.3 is 0 Å². The van der Waals surface area contributed by atoms with Gasteiger partial charge in [-0.15, -0.1) is 0 Å². The molecule has 3 heterocycles. The summed E-state index contributed by atoms with van der Waals surface area (Å²) in [6.45, 7) is 7.47. The number of ether oxygens (including phenoxy) is 1. The van der Waals surface area contributed by atoms with Crippen LogP contribution in [-0.2, 0) is 11.3 Å². The van der Waals surface area contributed by atoms with E-state index in [0.29, 0.717) is 6.10 Å². The Morgan fingerprint density at radius 1 is 1.27 bits per heavy atom. The minimum Gasteiger partial charge on any atom is -0.376 e. The Morgan fingerprint density at radius 3 is 2.82 bits per heavy atom. The molecule has 1 aromatic heterocycles. The number of nitrogens with zero attached hydrogens (tertiary/aromatic N) is 3. The molecule has 1 aromatic rings. The molecule has 0 unspecified atom stereocenters. The van der Waals surface area contributed by atoms with E-state index in [2.05, 4.69) is 30.4 Å². The molecule has 5 heteroatoms. The van der Waals surface area contributed by atoms with Gasteiger partial charge in [-0.2, -0.15) is 0 Å². The van der Waals surface area contributed by atoms with Gasteiger partial charge in [-0.1, -0.05) is 11.8 Å². The fraction of sp³-hybridized carbons (Fsp3) is 0.824. The minimum absolute atomic E-state index is 0.382. The lowest BCUT2D eigenvalue weighted by Gasteiger charge is -2.19. The molecule has 0 aliphatic carbocycles. The van der Waals surface area contributed by atoms with Crippen LogP contribution in [0.4, 0.5) is 0 Å². The zero-order valence-corrected chi connectivity index (χ0v) is 15.0. The lowest BCUT2D eigenvalue weighted by Crippen LogP contribution is -2.25. The normalized spacial score (nSPS) is 26.1. The van der Waals surface area contributed by atoms with Gasteiger partial charge in [0.2, 0.25) is 0 Å². The smallest absolute Gasteiger partial charge is 0.168 e. The van der Waals surface area contributed by atoms with Crippen molar-refractivity contribution in [3.05, 3.63) is 11.4 Å². The second-order valence-electron chi connectivity index (χ2n) is 6.72. The molecule has 124 valence electrons. The summed E-state index contributed by atoms with van der Waals surface area (Å²) >= 11 is 1.92. The van der Waals surface area contributed by atoms with E-state index in [4.69, 9.17) is 9.72 Å². The fourth-order valence-corrected chi connectivity index (χ4v) is 4.71. The molecule has 2 atom stereocenters. The SMILES string of the molecule is Cc1nc(SCC[C@H]2CCCN2C)n(C[C@H]2CCCO2)c1C. The highest BCUT2D eigenvalue weighted by molar-refractivity contribution is 7.99. The molecular formula is C17H29N3OS. The van der Waals surface area contributed by atoms with Crippen molar-refractivity contribution in [3.63, 3.8) is 0 Å². The van der Waals surface area contributed by atoms with Crippen molar-refractivity contribution in [1.29, 1.82) is 0 Å². The van der Waals surface area contributed by atoms with Crippen LogP contribution in [-0.4, -0.2) is 52.5 Å². The summed E-state index contributed by atoms with van der Waals surface area (Å²) in [5.74, 6) is 1.16. The number of aromatic nitrogens is 2. The molecule has 0 saturated carbocycles. The van der Waals surface area contributed by atoms with Gasteiger partial charge in [0.15, 0.2) is 5.16 Å². The van der Waals surface area contributed by atoms with Gasteiger partial charge in [0.05, 0.1) is 18.3 Å². The van der Waals surface area contributed by atoms with E-state index in [1.165, 1.54) is 55.2 Å². The number of aryl methyl sites for hydroxylation is 1. The third-order valence-electron chi connectivity index (χ3n) is 5.19. The Hall–Kier alpha value is -0.520. The van der Waals surface area contributed by atoms with Gasteiger partial charge in [0.1, 0.15) is 0 Å². The van der Waals surface area contributed by atoms with E-state index in [0.717, 1.165) is 24.9 Å². The monoisotopic (exact) mass is 323 g/mol. The minimum atomic E-state index is 0.382. The van der Waals surface area contributed by atoms with Crippen molar-refractivity contribution in [1.82, 2.24) is 14.5 Å². The first-order chi connectivity index (χ1) is 10.6. The van der Waals surface area contributed by atoms with Crippen LogP contribution in [0.2, 0.25) is 0 Å². The molecule has 0 aromatic carbocycles. The molecule has 0 spiro atoms. The highest BCUT2D eigenvalue weighted by Gasteiger charge is 2.22. The number of hydrogen-bond donors (Lipinski definition) is 0. The third-order valence-corrected chi connectivity index (χ3v) is 6.20. The van der Waals surface area contributed by atoms with Gasteiger partial charge < -0.3 is 14.2 Å². The number of imidazole rings is 1. The molecule has 0 radical (unpaired) electrons. The number of thioether (sulfide) groups is 1. The first-order valence-electron chi connectivity index (χ1n) is 8.63. The highest BCUT2D eigenvalue weighted by atomic mass is 32.2. The molecular weight excluding hydrogens is 294 g/mol. The first kappa shape index (κ1) is 16.3. The standard InChI is InChI=1S/C17H29N3OS/c1-13-14(2)20(12-16-7-5-10-21-16)17(18-13)22-11-8-15-6-4-9-19(15)3/h15-16H,4-12H2,1-3H3/t15-,16-/m1/s1. The molecule has 3 rings (SSSR count). The van der Waals surface area contributed by atoms with Crippen molar-refractivity contribution >= 4 is 11.8 Å². The Kier molecular flexibility index (Phi) is 5.47. The summed E-state index contributed by atoms with van der Waals surface area (Å²) in [6.07, 6.45) is 6.76. The topological polar surface area (TPSA) is 30.3 Å². The zero-order chi connectivity index (χ0) is 15.5. The predicted molar refractivity (Wildman–Crippen MR) is 91.7 cm³/mol. The summed E-state index contributed by atoms with van der Waals surface area (Å²) in [5, 5.41) is 1.19. The van der Waals surface area contributed by atoms with Crippen LogP contribution < -0.4 is 0 Å². The van der Waals surface area contributed by atoms with Crippen molar-refractivity contribution in [2.75, 3.05) is 26.0 Å². The van der Waals surface area contributed by atoms with Gasteiger partial charge in [-0.25, -0.2) is 4.98 Å². The van der Waals surface area contributed by atoms with E-state index in [9.17, 15) is 0 Å². The molecule has 0 N–H and O–H groups in total. The summed E-state index contributed by atoms with van der Waals surface area (Å²) < 4.78 is 8.19. The molecule has 0 bridgehead atoms. The quantitative estimate of drug-likeness (QED) is 0.752. The second kappa shape index (κ2) is 7.37. The van der Waals surface area contributed by atoms with Crippen molar-refractivity contribution < 1.29 is 4.74 Å². The van der Waals surface area contributed by atoms with Gasteiger partial charge in [-0.3, -0.25) is 0 Å². The zero-order valence-electron chi connectivity index (χ0n) is 14.2. The molecule has 22 heavy (non-hydrogen) atoms. The van der Waals surface area contributed by atoms with Crippen LogP contribution in [0.15, 0.2) is 5.16 Å². The maximum Gasteiger partial charge on any atom is 0.168 e. The van der Waals surface area contributed by atoms with E-state index in [1.807, 2.05) is 11.8 Å². The van der Waals surface area contributed by atoms with Gasteiger partial charge in [0, 0.05) is 24.1 Å². The summed E-state index contributed by atoms with van der Waals surface area (Å²) in [7, 11) is 2.26. The summed E-state index contributed by atoms with van der Waals surface area (Å²) in [5.41, 5.74) is 2.47. The van der Waals surface area contributed by atoms with Gasteiger partial charge in [-0.05, 0) is 59.5 Å². The lowest BCUT2D eigenvalue weighted by atomic mass is 10.2. The average Bonchev–Trinajstić information content (AvgIpc) is 3.20. The van der Waals surface area contributed by atoms with E-state index >= 15 is 0 Å². The highest BCUT2D eigenvalue weighted by Crippen LogP contribution is 2.27. The number of hydrogen-bond acceptors (Lipinski definition) is 4. The van der Waals surface area contributed by atoms with Gasteiger partial charge in [0.25, 0.3) is 0 Å². The number of likely N-dealkylation sites (tertiary alicyclic amines) is 1. The lowest BCUT2D eigenvalue weighted by molar-refractivity contribution is 0.0945. The van der Waals surface area contributed by atoms with Crippen LogP contribution in [0, 0.1) is 13.8 Å². The molecule has 0 amide bonds. The average molecular weight is 324 g/mol. The summed E-state index contributed by atoms with van der Waals surface area (Å²) in [6, 6.07) is 0.774. The Labute approximate surface area is 138 Å².